The predicted molar refractivity (Wildman–Crippen MR) is 296 cm³/mol. The van der Waals surface area contributed by atoms with E-state index in [-0.39, 0.29) is 0 Å². The van der Waals surface area contributed by atoms with E-state index in [2.05, 4.69) is 74.1 Å². The van der Waals surface area contributed by atoms with Crippen molar-refractivity contribution in [3.8, 4) is 5.75 Å². The highest BCUT2D eigenvalue weighted by atomic mass is 36.0. The Labute approximate surface area is 440 Å². The molecule has 0 atom stereocenters. The van der Waals surface area contributed by atoms with Crippen molar-refractivity contribution in [3.63, 3.8) is 0 Å². The van der Waals surface area contributed by atoms with Crippen LogP contribution in [0.1, 0.15) is 5.56 Å². The first kappa shape index (κ1) is 55.1. The summed E-state index contributed by atoms with van der Waals surface area (Å²) in [7, 11) is 6.70. The van der Waals surface area contributed by atoms with Gasteiger partial charge in [-0.15, -0.1) is 0 Å². The van der Waals surface area contributed by atoms with Gasteiger partial charge in [-0.2, -0.15) is 17.5 Å². The number of anilines is 5. The molecule has 2 aromatic heterocycles. The van der Waals surface area contributed by atoms with Crippen LogP contribution in [-0.4, -0.2) is 51.6 Å². The van der Waals surface area contributed by atoms with Crippen LogP contribution in [0.2, 0.25) is 15.1 Å². The van der Waals surface area contributed by atoms with Crippen molar-refractivity contribution < 1.29 is 23.9 Å². The second kappa shape index (κ2) is 29.3. The van der Waals surface area contributed by atoms with Gasteiger partial charge < -0.3 is 36.1 Å². The zero-order chi connectivity index (χ0) is 50.3. The number of rotatable bonds is 7. The van der Waals surface area contributed by atoms with Crippen molar-refractivity contribution in [2.24, 2.45) is 0 Å². The lowest BCUT2D eigenvalue weighted by atomic mass is 9.81. The molecule has 0 spiro atoms. The minimum Gasteiger partial charge on any atom is -0.537 e. The van der Waals surface area contributed by atoms with Gasteiger partial charge in [-0.3, -0.25) is 0 Å². The van der Waals surface area contributed by atoms with Gasteiger partial charge in [0.25, 0.3) is 0 Å². The fraction of sp³-hybridized carbons (Fsp3) is 0. The van der Waals surface area contributed by atoms with E-state index in [1.807, 2.05) is 115 Å². The van der Waals surface area contributed by atoms with Gasteiger partial charge in [-0.05, 0) is 90.4 Å². The summed E-state index contributed by atoms with van der Waals surface area (Å²) in [6.45, 7) is 0. The first-order valence-corrected chi connectivity index (χ1v) is 25.6. The molecule has 0 amide bonds. The van der Waals surface area contributed by atoms with Gasteiger partial charge in [0.1, 0.15) is 40.0 Å². The van der Waals surface area contributed by atoms with Crippen LogP contribution in [0.4, 0.5) is 28.4 Å². The van der Waals surface area contributed by atoms with Gasteiger partial charge in [0, 0.05) is 50.1 Å². The van der Waals surface area contributed by atoms with E-state index >= 15 is 0 Å². The molecular weight excluding hydrogens is 1050 g/mol. The van der Waals surface area contributed by atoms with Crippen LogP contribution in [0.3, 0.4) is 0 Å². The Hall–Kier alpha value is -5.88. The van der Waals surface area contributed by atoms with E-state index in [1.165, 1.54) is 11.7 Å². The lowest BCUT2D eigenvalue weighted by Gasteiger charge is -2.25. The summed E-state index contributed by atoms with van der Waals surface area (Å²) >= 11 is 20.0. The van der Waals surface area contributed by atoms with Crippen molar-refractivity contribution in [2.45, 2.75) is 0 Å². The quantitative estimate of drug-likeness (QED) is 0.0439. The monoisotopic (exact) mass is 1090 g/mol. The van der Waals surface area contributed by atoms with Crippen molar-refractivity contribution in [2.75, 3.05) is 16.4 Å². The molecule has 1 aliphatic rings. The van der Waals surface area contributed by atoms with Crippen LogP contribution in [-0.2, 0) is 9.23 Å². The molecule has 7 N–H and O–H groups in total. The van der Waals surface area contributed by atoms with Gasteiger partial charge in [0.15, 0.2) is 0 Å². The van der Waals surface area contributed by atoms with Gasteiger partial charge in [0.2, 0.25) is 9.23 Å². The third kappa shape index (κ3) is 17.2. The maximum Gasteiger partial charge on any atom is 0.569 e. The summed E-state index contributed by atoms with van der Waals surface area (Å²) in [6, 6.07) is 51.1. The predicted octanol–water partition coefficient (Wildman–Crippen LogP) is 12.0. The molecule has 0 unspecified atom stereocenters. The van der Waals surface area contributed by atoms with Crippen molar-refractivity contribution in [1.29, 1.82) is 0 Å². The normalized spacial score (nSPS) is 10.7. The number of nitrogen functional groups attached to an aromatic ring is 2. The molecule has 0 saturated heterocycles. The molecule has 0 aliphatic heterocycles. The van der Waals surface area contributed by atoms with Gasteiger partial charge >= 0.3 is 14.8 Å². The molecule has 1 radical (unpaired) electrons. The Bertz CT molecular complexity index is 3030. The van der Waals surface area contributed by atoms with Crippen LogP contribution in [0.25, 0.3) is 27.6 Å². The summed E-state index contributed by atoms with van der Waals surface area (Å²) in [5.41, 5.74) is 21.0. The second-order valence-corrected chi connectivity index (χ2v) is 18.5. The zero-order valence-corrected chi connectivity index (χ0v) is 42.4. The largest absolute Gasteiger partial charge is 0.569 e. The van der Waals surface area contributed by atoms with E-state index < -0.39 is 16.3 Å². The van der Waals surface area contributed by atoms with Gasteiger partial charge in [-0.25, -0.2) is 4.21 Å². The molecule has 70 heavy (non-hydrogen) atoms. The highest BCUT2D eigenvalue weighted by molar-refractivity contribution is 8.26. The molecular formula is C48H38B2Cl5N7O5S3+. The van der Waals surface area contributed by atoms with E-state index in [9.17, 15) is 0 Å². The molecule has 9 aromatic rings. The number of allylic oxidation sites excluding steroid dienone is 6. The van der Waals surface area contributed by atoms with Crippen LogP contribution in [0.15, 0.2) is 188 Å². The number of benzene rings is 7. The Morgan fingerprint density at radius 1 is 0.600 bits per heavy atom. The Morgan fingerprint density at radius 2 is 1.01 bits per heavy atom. The number of nitrogens with two attached hydrogens (primary N) is 2. The van der Waals surface area contributed by atoms with E-state index in [4.69, 9.17) is 70.2 Å². The number of para-hydroxylation sites is 4. The lowest BCUT2D eigenvalue weighted by molar-refractivity contribution is 0.425. The number of nitrogens with zero attached hydrogens (tertiary/aromatic N) is 5. The summed E-state index contributed by atoms with van der Waals surface area (Å²) in [6.07, 6.45) is 10.8. The highest BCUT2D eigenvalue weighted by Crippen LogP contribution is 2.35. The number of hydrogen-bond donors (Lipinski definition) is 5. The smallest absolute Gasteiger partial charge is 0.537 e. The maximum absolute atomic E-state index is 9.09. The molecule has 1 aliphatic carbocycles. The Kier molecular flexibility index (Phi) is 23.1. The third-order valence-corrected chi connectivity index (χ3v) is 11.1. The Balaban J connectivity index is 0.000000168. The first-order chi connectivity index (χ1) is 33.9. The number of fused-ring (bicyclic) bond motifs is 2. The van der Waals surface area contributed by atoms with Gasteiger partial charge in [0.05, 0.1) is 67.6 Å². The summed E-state index contributed by atoms with van der Waals surface area (Å²) in [4.78, 5) is 2.16. The summed E-state index contributed by atoms with van der Waals surface area (Å²) in [5.74, 6) is 0.590. The van der Waals surface area contributed by atoms with Crippen LogP contribution in [0, 0.1) is 6.08 Å². The average Bonchev–Trinajstić information content (AvgIpc) is 4.10. The number of hydrogen-bond acceptors (Lipinski definition) is 14. The van der Waals surface area contributed by atoms with E-state index in [0.29, 0.717) is 56.4 Å². The molecule has 2 heterocycles. The molecule has 12 nitrogen and oxygen atoms in total. The van der Waals surface area contributed by atoms with Crippen LogP contribution < -0.4 is 26.5 Å². The van der Waals surface area contributed by atoms with Crippen molar-refractivity contribution in [1.82, 2.24) is 17.5 Å². The second-order valence-electron chi connectivity index (χ2n) is 13.7. The fourth-order valence-electron chi connectivity index (χ4n) is 5.91. The Morgan fingerprint density at radius 3 is 1.43 bits per heavy atom. The molecule has 353 valence electrons. The highest BCUT2D eigenvalue weighted by Gasteiger charge is 2.15. The van der Waals surface area contributed by atoms with Crippen molar-refractivity contribution >= 4 is 165 Å². The molecule has 10 rings (SSSR count). The minimum atomic E-state index is -1.67. The standard InChI is InChI=1S/C18H15BNO2.C12H6ClN2S.C6H7BO2.C6H2Cl2N2S.C6H8N2.Cl2OS/c21-19-22-18-13-11-17(12-14-18)20(15-7-3-1-4-8-15)16-9-5-2-6-10-16;13-10-7-6-9(8-4-2-1-3-5-8)11-12(10)15-16-14-11;8-7(9)6-4-2-1-3-5-6;7-3-1-2-4(8)6-5(3)9-11-10-6;7-5-3-1-2-4-6(5)8;1-4(2)3/h1-14,21H;2-7H;1-5,8-9H;1-2H;1-4H,7-8H2;/q;+1;;;;. The first-order valence-electron chi connectivity index (χ1n) is 20.2. The molecule has 0 saturated carbocycles. The molecule has 7 aromatic carbocycles. The summed E-state index contributed by atoms with van der Waals surface area (Å²) in [5, 5.41) is 27.7. The van der Waals surface area contributed by atoms with E-state index in [0.717, 1.165) is 51.0 Å². The third-order valence-electron chi connectivity index (χ3n) is 9.12. The van der Waals surface area contributed by atoms with Crippen molar-refractivity contribution in [3.05, 3.63) is 215 Å². The number of aromatic nitrogens is 4. The van der Waals surface area contributed by atoms with E-state index in [1.54, 1.807) is 48.5 Å². The van der Waals surface area contributed by atoms with Gasteiger partial charge in [-0.1, -0.05) is 114 Å². The fourth-order valence-corrected chi connectivity index (χ4v) is 7.80. The SMILES string of the molecule is Clc1ccc(C2=CC=[C+]C=C2)c2nsnc12.Clc1ccc(Cl)c2nsnc12.Nc1ccccc1N.O=S(Cl)Cl.OB(O)c1ccccc1.O[B]Oc1ccc(N(c2ccccc2)c2ccccc2)cc1. The summed E-state index contributed by atoms with van der Waals surface area (Å²) < 4.78 is 30.5. The molecule has 0 bridgehead atoms. The van der Waals surface area contributed by atoms with Crippen LogP contribution >= 0.6 is 79.6 Å². The topological polar surface area (TPSA) is 194 Å². The minimum absolute atomic E-state index is 0.525. The lowest BCUT2D eigenvalue weighted by Crippen LogP contribution is -2.29. The van der Waals surface area contributed by atoms with Crippen LogP contribution in [0.5, 0.6) is 5.75 Å². The zero-order valence-electron chi connectivity index (χ0n) is 36.2. The molecule has 0 fully saturated rings. The maximum atomic E-state index is 9.09. The number of halogens is 5. The average molecular weight is 1090 g/mol. The molecule has 22 heteroatoms.